The number of nitro groups is 1. The highest BCUT2D eigenvalue weighted by atomic mass is 19.1. The van der Waals surface area contributed by atoms with Crippen LogP contribution in [0.1, 0.15) is 11.1 Å². The number of aryl methyl sites for hydroxylation is 1. The number of nitrogens with two attached hydrogens (primary N) is 1. The molecule has 21 heavy (non-hydrogen) atoms. The van der Waals surface area contributed by atoms with Crippen molar-refractivity contribution in [3.05, 3.63) is 63.5 Å². The van der Waals surface area contributed by atoms with Crippen LogP contribution in [-0.2, 0) is 0 Å². The smallest absolute Gasteiger partial charge is 0.272 e. The fourth-order valence-corrected chi connectivity index (χ4v) is 1.81. The van der Waals surface area contributed by atoms with Crippen molar-refractivity contribution >= 4 is 11.5 Å². The Morgan fingerprint density at radius 1 is 1.33 bits per heavy atom. The van der Waals surface area contributed by atoms with Crippen LogP contribution in [0.5, 0.6) is 11.5 Å². The molecule has 108 valence electrons. The number of halogens is 1. The number of non-ortho nitro benzene ring substituents is 1. The van der Waals surface area contributed by atoms with Gasteiger partial charge in [-0.1, -0.05) is 0 Å². The molecule has 2 rings (SSSR count). The number of nitrogens with one attached hydrogen (secondary N) is 1. The van der Waals surface area contributed by atoms with Crippen molar-refractivity contribution in [3.63, 3.8) is 0 Å². The third kappa shape index (κ3) is 3.14. The fourth-order valence-electron chi connectivity index (χ4n) is 1.81. The van der Waals surface area contributed by atoms with Gasteiger partial charge in [0.2, 0.25) is 0 Å². The standard InChI is InChI=1S/C14H12FN3O3/c1-8-6-10(3-4-11(8)14(16)17)21-13-5-2-9(18(19)20)7-12(13)15/h2-7H,1H3,(H3,16,17). The van der Waals surface area contributed by atoms with Gasteiger partial charge < -0.3 is 10.5 Å². The van der Waals surface area contributed by atoms with E-state index < -0.39 is 10.7 Å². The van der Waals surface area contributed by atoms with Crippen LogP contribution in [0.25, 0.3) is 0 Å². The molecule has 2 aromatic rings. The van der Waals surface area contributed by atoms with Crippen molar-refractivity contribution in [2.75, 3.05) is 0 Å². The van der Waals surface area contributed by atoms with Gasteiger partial charge in [0, 0.05) is 11.6 Å². The maximum atomic E-state index is 13.7. The lowest BCUT2D eigenvalue weighted by molar-refractivity contribution is -0.385. The summed E-state index contributed by atoms with van der Waals surface area (Å²) in [4.78, 5) is 9.85. The minimum absolute atomic E-state index is 0.0689. The van der Waals surface area contributed by atoms with Crippen molar-refractivity contribution < 1.29 is 14.1 Å². The summed E-state index contributed by atoms with van der Waals surface area (Å²) in [5.41, 5.74) is 6.33. The molecule has 0 bridgehead atoms. The monoisotopic (exact) mass is 289 g/mol. The number of nitrogens with zero attached hydrogens (tertiary/aromatic N) is 1. The quantitative estimate of drug-likeness (QED) is 0.390. The molecule has 7 heteroatoms. The van der Waals surface area contributed by atoms with Gasteiger partial charge in [-0.2, -0.15) is 0 Å². The highest BCUT2D eigenvalue weighted by Gasteiger charge is 2.12. The summed E-state index contributed by atoms with van der Waals surface area (Å²) in [5.74, 6) is -0.654. The summed E-state index contributed by atoms with van der Waals surface area (Å²) in [6.07, 6.45) is 0. The summed E-state index contributed by atoms with van der Waals surface area (Å²) in [7, 11) is 0. The number of rotatable bonds is 4. The molecule has 0 spiro atoms. The van der Waals surface area contributed by atoms with Crippen LogP contribution in [0.4, 0.5) is 10.1 Å². The van der Waals surface area contributed by atoms with Crippen molar-refractivity contribution in [2.45, 2.75) is 6.92 Å². The molecule has 0 heterocycles. The average molecular weight is 289 g/mol. The molecule has 0 aliphatic heterocycles. The van der Waals surface area contributed by atoms with E-state index in [1.54, 1.807) is 25.1 Å². The summed E-state index contributed by atoms with van der Waals surface area (Å²) in [6.45, 7) is 1.75. The second-order valence-corrected chi connectivity index (χ2v) is 4.36. The van der Waals surface area contributed by atoms with Gasteiger partial charge in [-0.3, -0.25) is 15.5 Å². The van der Waals surface area contributed by atoms with Crippen LogP contribution in [0, 0.1) is 28.3 Å². The molecular weight excluding hydrogens is 277 g/mol. The molecule has 0 amide bonds. The zero-order chi connectivity index (χ0) is 15.6. The van der Waals surface area contributed by atoms with Gasteiger partial charge in [-0.15, -0.1) is 0 Å². The van der Waals surface area contributed by atoms with E-state index in [9.17, 15) is 14.5 Å². The van der Waals surface area contributed by atoms with Crippen molar-refractivity contribution in [1.82, 2.24) is 0 Å². The molecule has 6 nitrogen and oxygen atoms in total. The maximum Gasteiger partial charge on any atom is 0.272 e. The number of nitrogen functional groups attached to an aromatic ring is 1. The zero-order valence-corrected chi connectivity index (χ0v) is 11.1. The first-order chi connectivity index (χ1) is 9.88. The molecule has 0 fully saturated rings. The Kier molecular flexibility index (Phi) is 3.84. The zero-order valence-electron chi connectivity index (χ0n) is 11.1. The largest absolute Gasteiger partial charge is 0.454 e. The Bertz CT molecular complexity index is 731. The van der Waals surface area contributed by atoms with Gasteiger partial charge in [0.05, 0.1) is 11.0 Å². The second kappa shape index (κ2) is 5.58. The van der Waals surface area contributed by atoms with Crippen LogP contribution < -0.4 is 10.5 Å². The van der Waals surface area contributed by atoms with Gasteiger partial charge in [0.15, 0.2) is 11.6 Å². The maximum absolute atomic E-state index is 13.7. The summed E-state index contributed by atoms with van der Waals surface area (Å²) in [6, 6.07) is 7.90. The molecule has 0 atom stereocenters. The minimum Gasteiger partial charge on any atom is -0.454 e. The van der Waals surface area contributed by atoms with Gasteiger partial charge in [-0.05, 0) is 36.8 Å². The predicted molar refractivity (Wildman–Crippen MR) is 75.3 cm³/mol. The number of ether oxygens (including phenoxy) is 1. The Hall–Kier alpha value is -2.96. The molecule has 0 aliphatic rings. The van der Waals surface area contributed by atoms with Crippen LogP contribution in [0.2, 0.25) is 0 Å². The third-order valence-corrected chi connectivity index (χ3v) is 2.84. The summed E-state index contributed by atoms with van der Waals surface area (Å²) < 4.78 is 19.1. The fraction of sp³-hybridized carbons (Fsp3) is 0.0714. The second-order valence-electron chi connectivity index (χ2n) is 4.36. The van der Waals surface area contributed by atoms with E-state index in [2.05, 4.69) is 0 Å². The Balaban J connectivity index is 2.28. The summed E-state index contributed by atoms with van der Waals surface area (Å²) in [5, 5.41) is 17.9. The van der Waals surface area contributed by atoms with Crippen LogP contribution >= 0.6 is 0 Å². The molecule has 0 unspecified atom stereocenters. The van der Waals surface area contributed by atoms with Crippen molar-refractivity contribution in [3.8, 4) is 11.5 Å². The van der Waals surface area contributed by atoms with Gasteiger partial charge in [-0.25, -0.2) is 4.39 Å². The first-order valence-corrected chi connectivity index (χ1v) is 5.95. The van der Waals surface area contributed by atoms with E-state index in [0.717, 1.165) is 12.1 Å². The first kappa shape index (κ1) is 14.4. The molecule has 2 aromatic carbocycles. The molecule has 0 saturated carbocycles. The van der Waals surface area contributed by atoms with Gasteiger partial charge >= 0.3 is 0 Å². The molecule has 3 N–H and O–H groups in total. The topological polar surface area (TPSA) is 102 Å². The molecule has 0 radical (unpaired) electrons. The molecule has 0 aliphatic carbocycles. The van der Waals surface area contributed by atoms with E-state index in [1.807, 2.05) is 0 Å². The van der Waals surface area contributed by atoms with Crippen molar-refractivity contribution in [1.29, 1.82) is 5.41 Å². The van der Waals surface area contributed by atoms with E-state index >= 15 is 0 Å². The van der Waals surface area contributed by atoms with Crippen LogP contribution in [-0.4, -0.2) is 10.8 Å². The number of amidine groups is 1. The van der Waals surface area contributed by atoms with Crippen LogP contribution in [0.3, 0.4) is 0 Å². The van der Waals surface area contributed by atoms with E-state index in [4.69, 9.17) is 15.9 Å². The SMILES string of the molecule is Cc1cc(Oc2ccc([N+](=O)[O-])cc2F)ccc1C(=N)N. The van der Waals surface area contributed by atoms with Crippen molar-refractivity contribution in [2.24, 2.45) is 5.73 Å². The number of hydrogen-bond acceptors (Lipinski definition) is 4. The van der Waals surface area contributed by atoms with E-state index in [-0.39, 0.29) is 17.3 Å². The lowest BCUT2D eigenvalue weighted by Crippen LogP contribution is -2.12. The Labute approximate surface area is 119 Å². The minimum atomic E-state index is -0.822. The Morgan fingerprint density at radius 2 is 2.05 bits per heavy atom. The number of benzene rings is 2. The summed E-state index contributed by atoms with van der Waals surface area (Å²) >= 11 is 0. The molecule has 0 saturated heterocycles. The predicted octanol–water partition coefficient (Wildman–Crippen LogP) is 3.12. The first-order valence-electron chi connectivity index (χ1n) is 5.95. The highest BCUT2D eigenvalue weighted by Crippen LogP contribution is 2.28. The van der Waals surface area contributed by atoms with Gasteiger partial charge in [0.1, 0.15) is 11.6 Å². The number of nitro benzene ring substituents is 1. The van der Waals surface area contributed by atoms with Crippen LogP contribution in [0.15, 0.2) is 36.4 Å². The lowest BCUT2D eigenvalue weighted by atomic mass is 10.1. The molecule has 0 aromatic heterocycles. The normalized spacial score (nSPS) is 10.2. The lowest BCUT2D eigenvalue weighted by Gasteiger charge is -2.09. The highest BCUT2D eigenvalue weighted by molar-refractivity contribution is 5.96. The average Bonchev–Trinajstić information content (AvgIpc) is 2.40. The van der Waals surface area contributed by atoms with E-state index in [1.165, 1.54) is 6.07 Å². The molecular formula is C14H12FN3O3. The third-order valence-electron chi connectivity index (χ3n) is 2.84. The Morgan fingerprint density at radius 3 is 2.57 bits per heavy atom. The van der Waals surface area contributed by atoms with Gasteiger partial charge in [0.25, 0.3) is 5.69 Å². The van der Waals surface area contributed by atoms with E-state index in [0.29, 0.717) is 16.9 Å². The number of hydrogen-bond donors (Lipinski definition) is 2.